The van der Waals surface area contributed by atoms with Gasteiger partial charge in [-0.2, -0.15) is 0 Å². The highest BCUT2D eigenvalue weighted by Crippen LogP contribution is 2.25. The molecule has 2 aliphatic heterocycles. The van der Waals surface area contributed by atoms with Gasteiger partial charge in [0, 0.05) is 56.0 Å². The van der Waals surface area contributed by atoms with Crippen molar-refractivity contribution >= 4 is 5.91 Å². The average molecular weight is 433 g/mol. The van der Waals surface area contributed by atoms with Crippen LogP contribution in [0.3, 0.4) is 0 Å². The lowest BCUT2D eigenvalue weighted by Crippen LogP contribution is -2.50. The molecule has 0 N–H and O–H groups in total. The number of carbonyl (C=O) groups is 1. The van der Waals surface area contributed by atoms with Crippen LogP contribution in [0, 0.1) is 6.92 Å². The Morgan fingerprint density at radius 2 is 1.56 bits per heavy atom. The zero-order chi connectivity index (χ0) is 21.9. The van der Waals surface area contributed by atoms with Gasteiger partial charge in [0.25, 0.3) is 5.91 Å². The smallest absolute Gasteiger partial charge is 0.253 e. The van der Waals surface area contributed by atoms with Crippen LogP contribution in [-0.4, -0.2) is 71.3 Å². The van der Waals surface area contributed by atoms with Gasteiger partial charge >= 0.3 is 0 Å². The number of ether oxygens (including phenoxy) is 1. The minimum absolute atomic E-state index is 0.0687. The van der Waals surface area contributed by atoms with Gasteiger partial charge < -0.3 is 14.1 Å². The van der Waals surface area contributed by atoms with Crippen LogP contribution in [0.1, 0.15) is 28.8 Å². The number of rotatable bonds is 5. The zero-order valence-corrected chi connectivity index (χ0v) is 18.4. The van der Waals surface area contributed by atoms with Crippen LogP contribution < -0.4 is 0 Å². The van der Waals surface area contributed by atoms with E-state index in [0.29, 0.717) is 23.4 Å². The molecule has 7 nitrogen and oxygen atoms in total. The largest absolute Gasteiger partial charge is 0.416 e. The maximum atomic E-state index is 12.9. The second-order valence-corrected chi connectivity index (χ2v) is 8.58. The SMILES string of the molecule is Cc1ccc(-c2nnc(-c3ccc(C(=O)N4CCN(CC5CCCO5)CC4)cc3)o2)cc1. The summed E-state index contributed by atoms with van der Waals surface area (Å²) in [7, 11) is 0. The Labute approximate surface area is 188 Å². The molecule has 1 unspecified atom stereocenters. The molecule has 0 spiro atoms. The molecule has 1 atom stereocenters. The number of amides is 1. The zero-order valence-electron chi connectivity index (χ0n) is 18.4. The standard InChI is InChI=1S/C25H28N4O3/c1-18-4-6-19(7-5-18)23-26-27-24(32-23)20-8-10-21(11-9-20)25(30)29-14-12-28(13-15-29)17-22-3-2-16-31-22/h4-11,22H,2-3,12-17H2,1H3. The molecule has 3 heterocycles. The highest BCUT2D eigenvalue weighted by Gasteiger charge is 2.25. The first-order valence-electron chi connectivity index (χ1n) is 11.3. The van der Waals surface area contributed by atoms with E-state index in [4.69, 9.17) is 9.15 Å². The molecule has 5 rings (SSSR count). The first-order valence-corrected chi connectivity index (χ1v) is 11.3. The lowest BCUT2D eigenvalue weighted by atomic mass is 10.1. The quantitative estimate of drug-likeness (QED) is 0.613. The molecule has 0 saturated carbocycles. The molecular formula is C25H28N4O3. The van der Waals surface area contributed by atoms with E-state index in [9.17, 15) is 4.79 Å². The van der Waals surface area contributed by atoms with Gasteiger partial charge in [-0.3, -0.25) is 9.69 Å². The summed E-state index contributed by atoms with van der Waals surface area (Å²) in [5, 5.41) is 8.33. The fourth-order valence-corrected chi connectivity index (χ4v) is 4.30. The van der Waals surface area contributed by atoms with Crippen molar-refractivity contribution in [3.8, 4) is 22.9 Å². The van der Waals surface area contributed by atoms with E-state index in [1.807, 2.05) is 60.4 Å². The lowest BCUT2D eigenvalue weighted by Gasteiger charge is -2.35. The van der Waals surface area contributed by atoms with Crippen molar-refractivity contribution in [2.24, 2.45) is 0 Å². The van der Waals surface area contributed by atoms with Crippen molar-refractivity contribution in [2.45, 2.75) is 25.9 Å². The van der Waals surface area contributed by atoms with Crippen LogP contribution in [0.2, 0.25) is 0 Å². The van der Waals surface area contributed by atoms with Crippen molar-refractivity contribution in [2.75, 3.05) is 39.3 Å². The predicted octanol–water partition coefficient (Wildman–Crippen LogP) is 3.65. The molecule has 0 bridgehead atoms. The number of aryl methyl sites for hydroxylation is 1. The van der Waals surface area contributed by atoms with E-state index in [2.05, 4.69) is 15.1 Å². The lowest BCUT2D eigenvalue weighted by molar-refractivity contribution is 0.0432. The molecule has 0 radical (unpaired) electrons. The Morgan fingerprint density at radius 1 is 0.938 bits per heavy atom. The Balaban J connectivity index is 1.19. The van der Waals surface area contributed by atoms with E-state index in [1.54, 1.807) is 0 Å². The third kappa shape index (κ3) is 4.59. The Morgan fingerprint density at radius 3 is 2.16 bits per heavy atom. The second-order valence-electron chi connectivity index (χ2n) is 8.58. The van der Waals surface area contributed by atoms with Crippen molar-refractivity contribution < 1.29 is 13.9 Å². The molecule has 0 aliphatic carbocycles. The van der Waals surface area contributed by atoms with Gasteiger partial charge in [0.05, 0.1) is 6.10 Å². The van der Waals surface area contributed by atoms with Gasteiger partial charge in [-0.1, -0.05) is 17.7 Å². The summed E-state index contributed by atoms with van der Waals surface area (Å²) in [5.74, 6) is 1.00. The van der Waals surface area contributed by atoms with Gasteiger partial charge in [0.2, 0.25) is 11.8 Å². The number of benzene rings is 2. The maximum Gasteiger partial charge on any atom is 0.253 e. The second kappa shape index (κ2) is 9.22. The van der Waals surface area contributed by atoms with Crippen LogP contribution in [0.5, 0.6) is 0 Å². The molecule has 2 aromatic carbocycles. The minimum Gasteiger partial charge on any atom is -0.416 e. The first-order chi connectivity index (χ1) is 15.7. The molecule has 1 amide bonds. The van der Waals surface area contributed by atoms with Crippen LogP contribution in [0.4, 0.5) is 0 Å². The van der Waals surface area contributed by atoms with Gasteiger partial charge in [0.1, 0.15) is 0 Å². The van der Waals surface area contributed by atoms with E-state index >= 15 is 0 Å². The van der Waals surface area contributed by atoms with Crippen molar-refractivity contribution in [1.29, 1.82) is 0 Å². The van der Waals surface area contributed by atoms with Crippen molar-refractivity contribution in [3.05, 3.63) is 59.7 Å². The van der Waals surface area contributed by atoms with E-state index in [0.717, 1.165) is 63.3 Å². The molecule has 1 aromatic heterocycles. The molecule has 2 fully saturated rings. The fourth-order valence-electron chi connectivity index (χ4n) is 4.30. The molecule has 32 heavy (non-hydrogen) atoms. The van der Waals surface area contributed by atoms with Gasteiger partial charge in [-0.15, -0.1) is 10.2 Å². The van der Waals surface area contributed by atoms with E-state index < -0.39 is 0 Å². The summed E-state index contributed by atoms with van der Waals surface area (Å²) < 4.78 is 11.6. The van der Waals surface area contributed by atoms with Crippen LogP contribution in [-0.2, 0) is 4.74 Å². The van der Waals surface area contributed by atoms with Crippen molar-refractivity contribution in [3.63, 3.8) is 0 Å². The summed E-state index contributed by atoms with van der Waals surface area (Å²) in [4.78, 5) is 17.3. The number of hydrogen-bond acceptors (Lipinski definition) is 6. The monoisotopic (exact) mass is 432 g/mol. The maximum absolute atomic E-state index is 12.9. The number of aromatic nitrogens is 2. The summed E-state index contributed by atoms with van der Waals surface area (Å²) in [5.41, 5.74) is 3.55. The summed E-state index contributed by atoms with van der Waals surface area (Å²) in [6, 6.07) is 15.4. The molecule has 166 valence electrons. The van der Waals surface area contributed by atoms with E-state index in [-0.39, 0.29) is 5.91 Å². The van der Waals surface area contributed by atoms with Gasteiger partial charge in [-0.25, -0.2) is 0 Å². The molecule has 3 aromatic rings. The van der Waals surface area contributed by atoms with Crippen LogP contribution in [0.25, 0.3) is 22.9 Å². The molecule has 2 saturated heterocycles. The third-order valence-electron chi connectivity index (χ3n) is 6.25. The summed E-state index contributed by atoms with van der Waals surface area (Å²) >= 11 is 0. The number of nitrogens with zero attached hydrogens (tertiary/aromatic N) is 4. The number of hydrogen-bond donors (Lipinski definition) is 0. The number of carbonyl (C=O) groups excluding carboxylic acids is 1. The van der Waals surface area contributed by atoms with Gasteiger partial charge in [-0.05, 0) is 56.2 Å². The van der Waals surface area contributed by atoms with Crippen LogP contribution >= 0.6 is 0 Å². The van der Waals surface area contributed by atoms with Crippen LogP contribution in [0.15, 0.2) is 52.9 Å². The Hall–Kier alpha value is -3.03. The molecule has 2 aliphatic rings. The van der Waals surface area contributed by atoms with E-state index in [1.165, 1.54) is 5.56 Å². The summed E-state index contributed by atoms with van der Waals surface area (Å²) in [6.07, 6.45) is 2.68. The highest BCUT2D eigenvalue weighted by atomic mass is 16.5. The Bertz CT molecular complexity index is 1050. The topological polar surface area (TPSA) is 71.7 Å². The van der Waals surface area contributed by atoms with Gasteiger partial charge in [0.15, 0.2) is 0 Å². The third-order valence-corrected chi connectivity index (χ3v) is 6.25. The average Bonchev–Trinajstić information content (AvgIpc) is 3.52. The Kier molecular flexibility index (Phi) is 6.01. The fraction of sp³-hybridized carbons (Fsp3) is 0.400. The molecule has 7 heteroatoms. The van der Waals surface area contributed by atoms with Crippen molar-refractivity contribution in [1.82, 2.24) is 20.0 Å². The minimum atomic E-state index is 0.0687. The number of piperazine rings is 1. The molecular weight excluding hydrogens is 404 g/mol. The predicted molar refractivity (Wildman–Crippen MR) is 121 cm³/mol. The first kappa shape index (κ1) is 20.8. The highest BCUT2D eigenvalue weighted by molar-refractivity contribution is 5.94. The summed E-state index contributed by atoms with van der Waals surface area (Å²) in [6.45, 7) is 7.19. The normalized spacial score (nSPS) is 19.4.